The lowest BCUT2D eigenvalue weighted by Crippen LogP contribution is -2.15. The quantitative estimate of drug-likeness (QED) is 0.498. The third-order valence-electron chi connectivity index (χ3n) is 3.61. The number of allylic oxidation sites excluding steroid dienone is 1. The van der Waals surface area contributed by atoms with E-state index >= 15 is 0 Å². The fraction of sp³-hybridized carbons (Fsp3) is 0.167. The van der Waals surface area contributed by atoms with Crippen LogP contribution in [0.25, 0.3) is 11.5 Å². The van der Waals surface area contributed by atoms with Crippen molar-refractivity contribution in [2.75, 3.05) is 11.1 Å². The lowest BCUT2D eigenvalue weighted by molar-refractivity contribution is -0.113. The predicted molar refractivity (Wildman–Crippen MR) is 102 cm³/mol. The van der Waals surface area contributed by atoms with Gasteiger partial charge in [0.25, 0.3) is 0 Å². The van der Waals surface area contributed by atoms with Crippen molar-refractivity contribution >= 4 is 23.4 Å². The summed E-state index contributed by atoms with van der Waals surface area (Å²) in [6.07, 6.45) is 6.45. The molecule has 27 heavy (non-hydrogen) atoms. The summed E-state index contributed by atoms with van der Waals surface area (Å²) in [5, 5.41) is 11.5. The first-order chi connectivity index (χ1) is 13.1. The van der Waals surface area contributed by atoms with Gasteiger partial charge in [0, 0.05) is 24.6 Å². The number of hydrogen-bond acceptors (Lipinski definition) is 6. The lowest BCUT2D eigenvalue weighted by Gasteiger charge is -2.08. The van der Waals surface area contributed by atoms with Crippen LogP contribution in [-0.4, -0.2) is 36.4 Å². The molecule has 0 spiro atoms. The summed E-state index contributed by atoms with van der Waals surface area (Å²) >= 11 is 1.22. The highest BCUT2D eigenvalue weighted by Crippen LogP contribution is 2.23. The molecule has 0 unspecified atom stereocenters. The standard InChI is InChI=1S/C18H17FN6OS/c1-3-8-25-17(15-10-20-6-7-21-15)23-24-18(25)27-11-16(26)22-13-5-4-12(2)14(19)9-13/h3-7,9-10H,1,8,11H2,2H3,(H,22,26). The minimum Gasteiger partial charge on any atom is -0.325 e. The molecule has 1 aromatic carbocycles. The van der Waals surface area contributed by atoms with Crippen LogP contribution in [0.3, 0.4) is 0 Å². The van der Waals surface area contributed by atoms with E-state index in [-0.39, 0.29) is 17.5 Å². The Morgan fingerprint density at radius 2 is 2.22 bits per heavy atom. The van der Waals surface area contributed by atoms with Crippen LogP contribution in [0.2, 0.25) is 0 Å². The topological polar surface area (TPSA) is 85.6 Å². The van der Waals surface area contributed by atoms with Crippen molar-refractivity contribution in [3.63, 3.8) is 0 Å². The third-order valence-corrected chi connectivity index (χ3v) is 4.58. The second-order valence-corrected chi connectivity index (χ2v) is 6.54. The van der Waals surface area contributed by atoms with E-state index in [2.05, 4.69) is 32.1 Å². The largest absolute Gasteiger partial charge is 0.325 e. The Morgan fingerprint density at radius 3 is 2.93 bits per heavy atom. The van der Waals surface area contributed by atoms with Crippen molar-refractivity contribution in [3.8, 4) is 11.5 Å². The number of halogens is 1. The molecule has 3 rings (SSSR count). The molecular formula is C18H17FN6OS. The number of benzene rings is 1. The summed E-state index contributed by atoms with van der Waals surface area (Å²) < 4.78 is 15.4. The van der Waals surface area contributed by atoms with E-state index in [1.54, 1.807) is 48.3 Å². The molecule has 0 saturated carbocycles. The van der Waals surface area contributed by atoms with E-state index in [1.165, 1.54) is 17.8 Å². The van der Waals surface area contributed by atoms with Crippen molar-refractivity contribution in [3.05, 3.63) is 60.8 Å². The summed E-state index contributed by atoms with van der Waals surface area (Å²) in [5.41, 5.74) is 1.52. The summed E-state index contributed by atoms with van der Waals surface area (Å²) in [4.78, 5) is 20.4. The van der Waals surface area contributed by atoms with Crippen LogP contribution in [0.4, 0.5) is 10.1 Å². The first-order valence-electron chi connectivity index (χ1n) is 8.07. The van der Waals surface area contributed by atoms with E-state index in [0.29, 0.717) is 34.5 Å². The Labute approximate surface area is 159 Å². The van der Waals surface area contributed by atoms with Gasteiger partial charge in [0.2, 0.25) is 5.91 Å². The van der Waals surface area contributed by atoms with Gasteiger partial charge in [0.15, 0.2) is 11.0 Å². The summed E-state index contributed by atoms with van der Waals surface area (Å²) in [6.45, 7) is 5.87. The number of thioether (sulfide) groups is 1. The van der Waals surface area contributed by atoms with Gasteiger partial charge >= 0.3 is 0 Å². The Hall–Kier alpha value is -3.07. The maximum absolute atomic E-state index is 13.6. The van der Waals surface area contributed by atoms with Crippen LogP contribution in [0.5, 0.6) is 0 Å². The molecule has 0 aliphatic rings. The molecule has 138 valence electrons. The Balaban J connectivity index is 1.70. The van der Waals surface area contributed by atoms with Gasteiger partial charge in [0.05, 0.1) is 11.9 Å². The fourth-order valence-corrected chi connectivity index (χ4v) is 3.04. The number of rotatable bonds is 7. The fourth-order valence-electron chi connectivity index (χ4n) is 2.29. The number of nitrogens with zero attached hydrogens (tertiary/aromatic N) is 5. The van der Waals surface area contributed by atoms with E-state index in [1.807, 2.05) is 0 Å². The minimum atomic E-state index is -0.361. The summed E-state index contributed by atoms with van der Waals surface area (Å²) in [6, 6.07) is 4.57. The number of nitrogens with one attached hydrogen (secondary N) is 1. The van der Waals surface area contributed by atoms with Crippen LogP contribution < -0.4 is 5.32 Å². The number of carbonyl (C=O) groups excluding carboxylic acids is 1. The molecule has 1 amide bonds. The van der Waals surface area contributed by atoms with Gasteiger partial charge < -0.3 is 5.32 Å². The molecular weight excluding hydrogens is 367 g/mol. The normalized spacial score (nSPS) is 10.6. The van der Waals surface area contributed by atoms with Gasteiger partial charge in [-0.3, -0.25) is 14.3 Å². The Kier molecular flexibility index (Phi) is 5.92. The molecule has 0 radical (unpaired) electrons. The zero-order chi connectivity index (χ0) is 19.2. The Morgan fingerprint density at radius 1 is 1.37 bits per heavy atom. The Bertz CT molecular complexity index is 960. The molecule has 2 heterocycles. The molecule has 0 bridgehead atoms. The van der Waals surface area contributed by atoms with Gasteiger partial charge in [-0.15, -0.1) is 16.8 Å². The van der Waals surface area contributed by atoms with Gasteiger partial charge in [0.1, 0.15) is 11.5 Å². The van der Waals surface area contributed by atoms with E-state index in [9.17, 15) is 9.18 Å². The first-order valence-corrected chi connectivity index (χ1v) is 9.06. The molecule has 2 aromatic heterocycles. The van der Waals surface area contributed by atoms with Gasteiger partial charge in [-0.05, 0) is 24.6 Å². The number of aryl methyl sites for hydroxylation is 1. The molecule has 0 fully saturated rings. The maximum Gasteiger partial charge on any atom is 0.234 e. The second kappa shape index (κ2) is 8.54. The van der Waals surface area contributed by atoms with Crippen molar-refractivity contribution in [1.29, 1.82) is 0 Å². The molecule has 7 nitrogen and oxygen atoms in total. The summed E-state index contributed by atoms with van der Waals surface area (Å²) in [5.74, 6) is 0.0226. The smallest absolute Gasteiger partial charge is 0.234 e. The zero-order valence-electron chi connectivity index (χ0n) is 14.6. The van der Waals surface area contributed by atoms with Crippen LogP contribution >= 0.6 is 11.8 Å². The van der Waals surface area contributed by atoms with Crippen molar-refractivity contribution in [2.24, 2.45) is 0 Å². The molecule has 0 atom stereocenters. The zero-order valence-corrected chi connectivity index (χ0v) is 15.4. The van der Waals surface area contributed by atoms with Crippen molar-refractivity contribution < 1.29 is 9.18 Å². The van der Waals surface area contributed by atoms with Gasteiger partial charge in [-0.1, -0.05) is 23.9 Å². The minimum absolute atomic E-state index is 0.102. The van der Waals surface area contributed by atoms with Crippen LogP contribution in [0, 0.1) is 12.7 Å². The van der Waals surface area contributed by atoms with Crippen molar-refractivity contribution in [2.45, 2.75) is 18.6 Å². The maximum atomic E-state index is 13.6. The average Bonchev–Trinajstić information content (AvgIpc) is 3.07. The third kappa shape index (κ3) is 4.56. The SMILES string of the molecule is C=CCn1c(SCC(=O)Nc2ccc(C)c(F)c2)nnc1-c1cnccn1. The number of aromatic nitrogens is 5. The lowest BCUT2D eigenvalue weighted by atomic mass is 10.2. The molecule has 3 aromatic rings. The van der Waals surface area contributed by atoms with E-state index in [4.69, 9.17) is 0 Å². The molecule has 0 aliphatic heterocycles. The first kappa shape index (κ1) is 18.7. The van der Waals surface area contributed by atoms with E-state index in [0.717, 1.165) is 0 Å². The monoisotopic (exact) mass is 384 g/mol. The molecule has 0 saturated heterocycles. The van der Waals surface area contributed by atoms with E-state index < -0.39 is 0 Å². The van der Waals surface area contributed by atoms with Crippen LogP contribution in [0.15, 0.2) is 54.6 Å². The molecule has 1 N–H and O–H groups in total. The van der Waals surface area contributed by atoms with Crippen LogP contribution in [-0.2, 0) is 11.3 Å². The second-order valence-electron chi connectivity index (χ2n) is 5.60. The average molecular weight is 384 g/mol. The van der Waals surface area contributed by atoms with Crippen molar-refractivity contribution in [1.82, 2.24) is 24.7 Å². The van der Waals surface area contributed by atoms with Gasteiger partial charge in [-0.2, -0.15) is 0 Å². The highest BCUT2D eigenvalue weighted by atomic mass is 32.2. The number of carbonyl (C=O) groups is 1. The van der Waals surface area contributed by atoms with Crippen LogP contribution in [0.1, 0.15) is 5.56 Å². The highest BCUT2D eigenvalue weighted by Gasteiger charge is 2.16. The number of anilines is 1. The summed E-state index contributed by atoms with van der Waals surface area (Å²) in [7, 11) is 0. The number of amides is 1. The van der Waals surface area contributed by atoms with Gasteiger partial charge in [-0.25, -0.2) is 9.37 Å². The highest BCUT2D eigenvalue weighted by molar-refractivity contribution is 7.99. The predicted octanol–water partition coefficient (Wildman–Crippen LogP) is 3.10. The molecule has 9 heteroatoms. The number of hydrogen-bond donors (Lipinski definition) is 1. The molecule has 0 aliphatic carbocycles.